The smallest absolute Gasteiger partial charge is 0.338 e. The second-order valence-electron chi connectivity index (χ2n) is 3.23. The summed E-state index contributed by atoms with van der Waals surface area (Å²) in [6.07, 6.45) is 1.34. The Morgan fingerprint density at radius 1 is 1.50 bits per heavy atom. The molecule has 0 radical (unpaired) electrons. The monoisotopic (exact) mass is 224 g/mol. The Morgan fingerprint density at radius 3 is 2.88 bits per heavy atom. The van der Waals surface area contributed by atoms with E-state index in [0.29, 0.717) is 17.5 Å². The summed E-state index contributed by atoms with van der Waals surface area (Å²) in [6, 6.07) is 3.85. The number of carbonyl (C=O) groups excluding carboxylic acids is 2. The van der Waals surface area contributed by atoms with Crippen molar-refractivity contribution in [1.29, 1.82) is 0 Å². The molecule has 0 atom stereocenters. The van der Waals surface area contributed by atoms with Gasteiger partial charge in [0.25, 0.3) is 0 Å². The van der Waals surface area contributed by atoms with Gasteiger partial charge in [0, 0.05) is 6.42 Å². The van der Waals surface area contributed by atoms with Crippen molar-refractivity contribution in [3.05, 3.63) is 35.1 Å². The van der Waals surface area contributed by atoms with Crippen LogP contribution in [0.3, 0.4) is 0 Å². The summed E-state index contributed by atoms with van der Waals surface area (Å²) in [5, 5.41) is 0. The Bertz CT molecular complexity index is 388. The second-order valence-corrected chi connectivity index (χ2v) is 3.23. The maximum Gasteiger partial charge on any atom is 0.338 e. The Kier molecular flexibility index (Phi) is 4.64. The molecule has 0 bridgehead atoms. The Balaban J connectivity index is 2.96. The molecule has 0 N–H and O–H groups in total. The van der Waals surface area contributed by atoms with Gasteiger partial charge in [0.2, 0.25) is 0 Å². The van der Waals surface area contributed by atoms with Gasteiger partial charge in [-0.05, 0) is 37.1 Å². The molecular weight excluding hydrogens is 211 g/mol. The van der Waals surface area contributed by atoms with E-state index in [2.05, 4.69) is 0 Å². The summed E-state index contributed by atoms with van der Waals surface area (Å²) in [6.45, 7) is 1.97. The van der Waals surface area contributed by atoms with E-state index in [9.17, 15) is 14.0 Å². The summed E-state index contributed by atoms with van der Waals surface area (Å²) in [7, 11) is 0. The van der Waals surface area contributed by atoms with Gasteiger partial charge in [-0.25, -0.2) is 9.18 Å². The van der Waals surface area contributed by atoms with Gasteiger partial charge in [0.05, 0.1) is 12.2 Å². The van der Waals surface area contributed by atoms with Crippen molar-refractivity contribution < 1.29 is 18.7 Å². The Morgan fingerprint density at radius 2 is 2.25 bits per heavy atom. The predicted molar refractivity (Wildman–Crippen MR) is 56.7 cm³/mol. The SMILES string of the molecule is CCOC(=O)c1ccc(F)cc1CCC=O. The molecule has 0 aliphatic carbocycles. The predicted octanol–water partition coefficient (Wildman–Crippen LogP) is 2.13. The van der Waals surface area contributed by atoms with Crippen LogP contribution in [0.25, 0.3) is 0 Å². The Labute approximate surface area is 93.2 Å². The molecule has 3 nitrogen and oxygen atoms in total. The molecular formula is C12H13FO3. The van der Waals surface area contributed by atoms with E-state index in [1.54, 1.807) is 6.92 Å². The molecule has 4 heteroatoms. The minimum Gasteiger partial charge on any atom is -0.462 e. The highest BCUT2D eigenvalue weighted by molar-refractivity contribution is 5.91. The van der Waals surface area contributed by atoms with Gasteiger partial charge in [-0.15, -0.1) is 0 Å². The summed E-state index contributed by atoms with van der Waals surface area (Å²) in [5.41, 5.74) is 0.829. The molecule has 0 aromatic heterocycles. The first-order chi connectivity index (χ1) is 7.69. The van der Waals surface area contributed by atoms with Crippen LogP contribution in [0.1, 0.15) is 29.3 Å². The highest BCUT2D eigenvalue weighted by Gasteiger charge is 2.12. The van der Waals surface area contributed by atoms with E-state index in [1.807, 2.05) is 0 Å². The van der Waals surface area contributed by atoms with Crippen molar-refractivity contribution in [2.24, 2.45) is 0 Å². The van der Waals surface area contributed by atoms with Crippen LogP contribution in [0.5, 0.6) is 0 Å². The quantitative estimate of drug-likeness (QED) is 0.568. The lowest BCUT2D eigenvalue weighted by Gasteiger charge is -2.07. The normalized spacial score (nSPS) is 9.88. The van der Waals surface area contributed by atoms with Gasteiger partial charge in [-0.1, -0.05) is 0 Å². The van der Waals surface area contributed by atoms with Crippen LogP contribution in [-0.2, 0) is 16.0 Å². The fraction of sp³-hybridized carbons (Fsp3) is 0.333. The lowest BCUT2D eigenvalue weighted by molar-refractivity contribution is -0.107. The van der Waals surface area contributed by atoms with Crippen LogP contribution in [-0.4, -0.2) is 18.9 Å². The minimum absolute atomic E-state index is 0.260. The summed E-state index contributed by atoms with van der Waals surface area (Å²) in [5.74, 6) is -0.905. The lowest BCUT2D eigenvalue weighted by atomic mass is 10.0. The molecule has 0 unspecified atom stereocenters. The third-order valence-corrected chi connectivity index (χ3v) is 2.09. The maximum atomic E-state index is 13.0. The first-order valence-corrected chi connectivity index (χ1v) is 5.08. The van der Waals surface area contributed by atoms with E-state index in [-0.39, 0.29) is 13.0 Å². The third-order valence-electron chi connectivity index (χ3n) is 2.09. The number of ether oxygens (including phenoxy) is 1. The molecule has 0 amide bonds. The minimum atomic E-state index is -0.483. The average Bonchev–Trinajstić information content (AvgIpc) is 2.26. The fourth-order valence-electron chi connectivity index (χ4n) is 1.39. The van der Waals surface area contributed by atoms with Gasteiger partial charge in [-0.2, -0.15) is 0 Å². The van der Waals surface area contributed by atoms with Gasteiger partial charge in [0.1, 0.15) is 12.1 Å². The van der Waals surface area contributed by atoms with Gasteiger partial charge in [-0.3, -0.25) is 0 Å². The first kappa shape index (κ1) is 12.4. The van der Waals surface area contributed by atoms with Crippen molar-refractivity contribution in [3.63, 3.8) is 0 Å². The van der Waals surface area contributed by atoms with Crippen molar-refractivity contribution in [2.45, 2.75) is 19.8 Å². The molecule has 0 heterocycles. The number of rotatable bonds is 5. The van der Waals surface area contributed by atoms with Crippen LogP contribution >= 0.6 is 0 Å². The van der Waals surface area contributed by atoms with Gasteiger partial charge in [0.15, 0.2) is 0 Å². The summed E-state index contributed by atoms with van der Waals surface area (Å²) in [4.78, 5) is 21.8. The number of aldehydes is 1. The molecule has 0 aliphatic heterocycles. The second kappa shape index (κ2) is 6.00. The number of esters is 1. The number of hydrogen-bond donors (Lipinski definition) is 0. The zero-order valence-electron chi connectivity index (χ0n) is 9.03. The zero-order valence-corrected chi connectivity index (χ0v) is 9.03. The Hall–Kier alpha value is -1.71. The van der Waals surface area contributed by atoms with Crippen molar-refractivity contribution in [2.75, 3.05) is 6.61 Å². The lowest BCUT2D eigenvalue weighted by Crippen LogP contribution is -2.08. The van der Waals surface area contributed by atoms with E-state index < -0.39 is 11.8 Å². The highest BCUT2D eigenvalue weighted by atomic mass is 19.1. The standard InChI is InChI=1S/C12H13FO3/c1-2-16-12(15)11-6-5-10(13)8-9(11)4-3-7-14/h5-8H,2-4H2,1H3. The molecule has 0 saturated carbocycles. The molecule has 1 aromatic carbocycles. The topological polar surface area (TPSA) is 43.4 Å². The number of carbonyl (C=O) groups is 2. The molecule has 0 spiro atoms. The van der Waals surface area contributed by atoms with Gasteiger partial charge >= 0.3 is 5.97 Å². The summed E-state index contributed by atoms with van der Waals surface area (Å²) < 4.78 is 17.8. The van der Waals surface area contributed by atoms with Crippen molar-refractivity contribution in [1.82, 2.24) is 0 Å². The number of hydrogen-bond acceptors (Lipinski definition) is 3. The van der Waals surface area contributed by atoms with Crippen LogP contribution in [0, 0.1) is 5.82 Å². The molecule has 1 aromatic rings. The van der Waals surface area contributed by atoms with E-state index in [0.717, 1.165) is 6.29 Å². The zero-order chi connectivity index (χ0) is 12.0. The summed E-state index contributed by atoms with van der Waals surface area (Å²) >= 11 is 0. The molecule has 0 aliphatic rings. The van der Waals surface area contributed by atoms with Crippen LogP contribution in [0.15, 0.2) is 18.2 Å². The van der Waals surface area contributed by atoms with Crippen molar-refractivity contribution >= 4 is 12.3 Å². The maximum absolute atomic E-state index is 13.0. The highest BCUT2D eigenvalue weighted by Crippen LogP contribution is 2.14. The molecule has 1 rings (SSSR count). The van der Waals surface area contributed by atoms with E-state index >= 15 is 0 Å². The number of aryl methyl sites for hydroxylation is 1. The fourth-order valence-corrected chi connectivity index (χ4v) is 1.39. The average molecular weight is 224 g/mol. The largest absolute Gasteiger partial charge is 0.462 e. The van der Waals surface area contributed by atoms with E-state index in [4.69, 9.17) is 4.74 Å². The van der Waals surface area contributed by atoms with E-state index in [1.165, 1.54) is 18.2 Å². The molecule has 0 saturated heterocycles. The van der Waals surface area contributed by atoms with Gasteiger partial charge < -0.3 is 9.53 Å². The van der Waals surface area contributed by atoms with Crippen LogP contribution in [0.4, 0.5) is 4.39 Å². The van der Waals surface area contributed by atoms with Crippen molar-refractivity contribution in [3.8, 4) is 0 Å². The third kappa shape index (κ3) is 3.15. The number of halogens is 1. The van der Waals surface area contributed by atoms with Crippen LogP contribution < -0.4 is 0 Å². The number of benzene rings is 1. The first-order valence-electron chi connectivity index (χ1n) is 5.08. The molecule has 86 valence electrons. The van der Waals surface area contributed by atoms with Crippen LogP contribution in [0.2, 0.25) is 0 Å². The molecule has 16 heavy (non-hydrogen) atoms. The molecule has 0 fully saturated rings.